The Hall–Kier alpha value is -0.590. The molecule has 0 aromatic heterocycles. The summed E-state index contributed by atoms with van der Waals surface area (Å²) in [7, 11) is 2.11. The molecule has 0 aliphatic carbocycles. The second kappa shape index (κ2) is 5.13. The van der Waals surface area contributed by atoms with Crippen molar-refractivity contribution in [2.45, 2.75) is 6.92 Å². The van der Waals surface area contributed by atoms with E-state index in [2.05, 4.69) is 0 Å². The van der Waals surface area contributed by atoms with Crippen molar-refractivity contribution >= 4 is 14.1 Å². The summed E-state index contributed by atoms with van der Waals surface area (Å²) in [6, 6.07) is 7.93. The molecule has 3 heteroatoms. The number of ether oxygens (including phenoxy) is 1. The summed E-state index contributed by atoms with van der Waals surface area (Å²) < 4.78 is 10.3. The SMILES string of the molecule is CCOPc1ccc(OC)cc1. The van der Waals surface area contributed by atoms with Gasteiger partial charge in [-0.2, -0.15) is 0 Å². The van der Waals surface area contributed by atoms with Crippen molar-refractivity contribution in [2.24, 2.45) is 0 Å². The van der Waals surface area contributed by atoms with Crippen LogP contribution in [0.1, 0.15) is 6.92 Å². The molecule has 1 unspecified atom stereocenters. The Bertz CT molecular complexity index is 220. The fourth-order valence-electron chi connectivity index (χ4n) is 0.815. The van der Waals surface area contributed by atoms with Crippen molar-refractivity contribution in [3.05, 3.63) is 24.3 Å². The molecule has 1 atom stereocenters. The maximum absolute atomic E-state index is 5.28. The molecule has 1 aromatic rings. The molecule has 0 aliphatic heterocycles. The smallest absolute Gasteiger partial charge is 0.118 e. The van der Waals surface area contributed by atoms with Gasteiger partial charge in [0.2, 0.25) is 0 Å². The van der Waals surface area contributed by atoms with Crippen LogP contribution in [0.4, 0.5) is 0 Å². The highest BCUT2D eigenvalue weighted by atomic mass is 31.1. The molecule has 0 heterocycles. The van der Waals surface area contributed by atoms with Crippen LogP contribution in [0.2, 0.25) is 0 Å². The van der Waals surface area contributed by atoms with Crippen LogP contribution in [-0.2, 0) is 4.52 Å². The summed E-state index contributed by atoms with van der Waals surface area (Å²) in [6.07, 6.45) is 0. The molecule has 1 aromatic carbocycles. The lowest BCUT2D eigenvalue weighted by molar-refractivity contribution is 0.394. The molecule has 0 amide bonds. The quantitative estimate of drug-likeness (QED) is 0.666. The fourth-order valence-corrected chi connectivity index (χ4v) is 1.43. The third-order valence-corrected chi connectivity index (χ3v) is 2.43. The lowest BCUT2D eigenvalue weighted by Gasteiger charge is -2.02. The first kappa shape index (κ1) is 9.50. The Morgan fingerprint density at radius 2 is 1.92 bits per heavy atom. The maximum Gasteiger partial charge on any atom is 0.118 e. The lowest BCUT2D eigenvalue weighted by atomic mass is 10.3. The van der Waals surface area contributed by atoms with E-state index in [9.17, 15) is 0 Å². The Labute approximate surface area is 74.8 Å². The summed E-state index contributed by atoms with van der Waals surface area (Å²) >= 11 is 0. The van der Waals surface area contributed by atoms with Gasteiger partial charge in [-0.05, 0) is 36.5 Å². The zero-order valence-electron chi connectivity index (χ0n) is 7.33. The van der Waals surface area contributed by atoms with Crippen molar-refractivity contribution in [1.82, 2.24) is 0 Å². The zero-order valence-corrected chi connectivity index (χ0v) is 8.33. The van der Waals surface area contributed by atoms with Crippen molar-refractivity contribution in [3.63, 3.8) is 0 Å². The lowest BCUT2D eigenvalue weighted by Crippen LogP contribution is -1.94. The molecule has 1 rings (SSSR count). The first-order valence-corrected chi connectivity index (χ1v) is 4.79. The van der Waals surface area contributed by atoms with Gasteiger partial charge in [0.1, 0.15) is 5.75 Å². The molecule has 0 spiro atoms. The van der Waals surface area contributed by atoms with Gasteiger partial charge in [0.05, 0.1) is 7.11 Å². The van der Waals surface area contributed by atoms with E-state index in [1.807, 2.05) is 31.2 Å². The minimum Gasteiger partial charge on any atom is -0.497 e. The monoisotopic (exact) mass is 184 g/mol. The largest absolute Gasteiger partial charge is 0.497 e. The van der Waals surface area contributed by atoms with Gasteiger partial charge in [-0.15, -0.1) is 0 Å². The standard InChI is InChI=1S/C9H13O2P/c1-3-11-12-9-6-4-8(10-2)5-7-9/h4-7,12H,3H2,1-2H3. The molecular weight excluding hydrogens is 171 g/mol. The molecule has 0 saturated heterocycles. The first-order chi connectivity index (χ1) is 5.86. The molecule has 0 N–H and O–H groups in total. The topological polar surface area (TPSA) is 18.5 Å². The van der Waals surface area contributed by atoms with Crippen LogP contribution in [-0.4, -0.2) is 13.7 Å². The van der Waals surface area contributed by atoms with E-state index in [0.717, 1.165) is 12.4 Å². The van der Waals surface area contributed by atoms with E-state index >= 15 is 0 Å². The minimum atomic E-state index is 0.447. The van der Waals surface area contributed by atoms with Gasteiger partial charge in [-0.25, -0.2) is 0 Å². The van der Waals surface area contributed by atoms with Crippen molar-refractivity contribution in [3.8, 4) is 5.75 Å². The Morgan fingerprint density at radius 1 is 1.25 bits per heavy atom. The van der Waals surface area contributed by atoms with Crippen LogP contribution >= 0.6 is 8.81 Å². The average Bonchev–Trinajstić information content (AvgIpc) is 2.15. The van der Waals surface area contributed by atoms with E-state index in [-0.39, 0.29) is 0 Å². The highest BCUT2D eigenvalue weighted by Crippen LogP contribution is 2.14. The number of benzene rings is 1. The number of methoxy groups -OCH3 is 1. The first-order valence-electron chi connectivity index (χ1n) is 3.88. The van der Waals surface area contributed by atoms with Gasteiger partial charge >= 0.3 is 0 Å². The summed E-state index contributed by atoms with van der Waals surface area (Å²) in [5.74, 6) is 0.889. The van der Waals surface area contributed by atoms with E-state index in [1.54, 1.807) is 7.11 Å². The van der Waals surface area contributed by atoms with Gasteiger partial charge in [-0.1, -0.05) is 0 Å². The summed E-state index contributed by atoms with van der Waals surface area (Å²) in [5.41, 5.74) is 0. The van der Waals surface area contributed by atoms with Crippen LogP contribution in [0.5, 0.6) is 5.75 Å². The molecule has 0 radical (unpaired) electrons. The van der Waals surface area contributed by atoms with Gasteiger partial charge in [-0.3, -0.25) is 0 Å². The Balaban J connectivity index is 2.53. The maximum atomic E-state index is 5.28. The molecular formula is C9H13O2P. The van der Waals surface area contributed by atoms with Gasteiger partial charge in [0.25, 0.3) is 0 Å². The second-order valence-corrected chi connectivity index (χ2v) is 3.33. The molecule has 0 fully saturated rings. The molecule has 66 valence electrons. The van der Waals surface area contributed by atoms with Crippen LogP contribution in [0.3, 0.4) is 0 Å². The van der Waals surface area contributed by atoms with Crippen molar-refractivity contribution < 1.29 is 9.26 Å². The minimum absolute atomic E-state index is 0.447. The van der Waals surface area contributed by atoms with Crippen LogP contribution in [0.15, 0.2) is 24.3 Å². The van der Waals surface area contributed by atoms with E-state index in [4.69, 9.17) is 9.26 Å². The van der Waals surface area contributed by atoms with Crippen LogP contribution in [0, 0.1) is 0 Å². The third-order valence-electron chi connectivity index (χ3n) is 1.42. The summed E-state index contributed by atoms with van der Waals surface area (Å²) in [6.45, 7) is 2.76. The van der Waals surface area contributed by atoms with Crippen LogP contribution < -0.4 is 10.0 Å². The van der Waals surface area contributed by atoms with Gasteiger partial charge in [0.15, 0.2) is 0 Å². The summed E-state index contributed by atoms with van der Waals surface area (Å²) in [5, 5.41) is 1.21. The van der Waals surface area contributed by atoms with Crippen molar-refractivity contribution in [2.75, 3.05) is 13.7 Å². The summed E-state index contributed by atoms with van der Waals surface area (Å²) in [4.78, 5) is 0. The number of rotatable bonds is 4. The van der Waals surface area contributed by atoms with Gasteiger partial charge in [0, 0.05) is 15.4 Å². The van der Waals surface area contributed by atoms with E-state index in [0.29, 0.717) is 8.81 Å². The number of hydrogen-bond donors (Lipinski definition) is 0. The van der Waals surface area contributed by atoms with E-state index < -0.39 is 0 Å². The highest BCUT2D eigenvalue weighted by molar-refractivity contribution is 7.41. The molecule has 0 aliphatic rings. The predicted octanol–water partition coefficient (Wildman–Crippen LogP) is 1.95. The molecule has 12 heavy (non-hydrogen) atoms. The van der Waals surface area contributed by atoms with Gasteiger partial charge < -0.3 is 9.26 Å². The highest BCUT2D eigenvalue weighted by Gasteiger charge is 1.93. The molecule has 0 saturated carbocycles. The Morgan fingerprint density at radius 3 is 2.42 bits per heavy atom. The average molecular weight is 184 g/mol. The zero-order chi connectivity index (χ0) is 8.81. The normalized spacial score (nSPS) is 10.8. The second-order valence-electron chi connectivity index (χ2n) is 2.26. The Kier molecular flexibility index (Phi) is 4.06. The van der Waals surface area contributed by atoms with E-state index in [1.165, 1.54) is 5.30 Å². The third kappa shape index (κ3) is 2.80. The predicted molar refractivity (Wildman–Crippen MR) is 52.6 cm³/mol. The fraction of sp³-hybridized carbons (Fsp3) is 0.333. The van der Waals surface area contributed by atoms with Crippen molar-refractivity contribution in [1.29, 1.82) is 0 Å². The van der Waals surface area contributed by atoms with Crippen LogP contribution in [0.25, 0.3) is 0 Å². The molecule has 2 nitrogen and oxygen atoms in total. The number of hydrogen-bond acceptors (Lipinski definition) is 2. The molecule has 0 bridgehead atoms.